The van der Waals surface area contributed by atoms with Crippen LogP contribution in [0, 0.1) is 0 Å². The van der Waals surface area contributed by atoms with Crippen molar-refractivity contribution in [3.05, 3.63) is 0 Å². The summed E-state index contributed by atoms with van der Waals surface area (Å²) >= 11 is 0. The highest BCUT2D eigenvalue weighted by atomic mass is 16.4. The number of rotatable bonds is 17. The van der Waals surface area contributed by atoms with Gasteiger partial charge in [-0.3, -0.25) is 9.59 Å². The fourth-order valence-electron chi connectivity index (χ4n) is 2.62. The lowest BCUT2D eigenvalue weighted by Crippen LogP contribution is -1.93. The Bertz CT molecular complexity index is 290. The lowest BCUT2D eigenvalue weighted by Gasteiger charge is -2.02. The number of hydrogen-bond donors (Lipinski definition) is 2. The third-order valence-corrected chi connectivity index (χ3v) is 4.24. The SMILES string of the molecule is CCCCC(=O)O.CCCCCCCCCCCCCCCC(=O)O. The maximum atomic E-state index is 10.3. The predicted octanol–water partition coefficient (Wildman–Crippen LogP) is 6.81. The van der Waals surface area contributed by atoms with E-state index in [1.165, 1.54) is 70.6 Å². The van der Waals surface area contributed by atoms with Gasteiger partial charge in [-0.2, -0.15) is 0 Å². The average molecular weight is 359 g/mol. The lowest BCUT2D eigenvalue weighted by molar-refractivity contribution is -0.138. The van der Waals surface area contributed by atoms with Crippen LogP contribution in [0.5, 0.6) is 0 Å². The second-order valence-electron chi connectivity index (χ2n) is 6.88. The molecule has 0 amide bonds. The summed E-state index contributed by atoms with van der Waals surface area (Å²) in [5.41, 5.74) is 0. The van der Waals surface area contributed by atoms with Crippen molar-refractivity contribution in [2.24, 2.45) is 0 Å². The van der Waals surface area contributed by atoms with Crippen LogP contribution in [0.3, 0.4) is 0 Å². The molecule has 0 bridgehead atoms. The molecule has 0 aromatic rings. The average Bonchev–Trinajstić information content (AvgIpc) is 2.57. The van der Waals surface area contributed by atoms with Gasteiger partial charge in [0.1, 0.15) is 0 Å². The topological polar surface area (TPSA) is 74.6 Å². The van der Waals surface area contributed by atoms with Crippen molar-refractivity contribution < 1.29 is 19.8 Å². The summed E-state index contributed by atoms with van der Waals surface area (Å²) in [5, 5.41) is 16.5. The Balaban J connectivity index is 0. The van der Waals surface area contributed by atoms with Gasteiger partial charge >= 0.3 is 11.9 Å². The Morgan fingerprint density at radius 3 is 1.04 bits per heavy atom. The third kappa shape index (κ3) is 31.3. The molecule has 0 aromatic carbocycles. The normalized spacial score (nSPS) is 10.2. The summed E-state index contributed by atoms with van der Waals surface area (Å²) < 4.78 is 0. The maximum absolute atomic E-state index is 10.3. The number of carboxylic acids is 2. The van der Waals surface area contributed by atoms with Crippen LogP contribution in [0.25, 0.3) is 0 Å². The zero-order chi connectivity index (χ0) is 19.2. The van der Waals surface area contributed by atoms with Crippen molar-refractivity contribution in [3.63, 3.8) is 0 Å². The molecule has 0 heterocycles. The van der Waals surface area contributed by atoms with Crippen molar-refractivity contribution in [2.45, 2.75) is 123 Å². The van der Waals surface area contributed by atoms with Gasteiger partial charge in [0.05, 0.1) is 0 Å². The summed E-state index contributed by atoms with van der Waals surface area (Å²) in [6.07, 6.45) is 19.4. The van der Waals surface area contributed by atoms with E-state index in [1.54, 1.807) is 0 Å². The summed E-state index contributed by atoms with van der Waals surface area (Å²) in [7, 11) is 0. The van der Waals surface area contributed by atoms with Gasteiger partial charge in [-0.05, 0) is 12.8 Å². The Kier molecular flexibility index (Phi) is 24.0. The minimum Gasteiger partial charge on any atom is -0.481 e. The number of hydrogen-bond acceptors (Lipinski definition) is 2. The molecular formula is C21H42O4. The number of aliphatic carboxylic acids is 2. The standard InChI is InChI=1S/C16H32O2.C5H10O2/c1-2-3-4-5-6-7-8-9-10-11-12-13-14-15-16(17)18;1-2-3-4-5(6)7/h2-15H2,1H3,(H,17,18);2-4H2,1H3,(H,6,7). The van der Waals surface area contributed by atoms with Crippen molar-refractivity contribution in [3.8, 4) is 0 Å². The summed E-state index contributed by atoms with van der Waals surface area (Å²) in [4.78, 5) is 20.1. The number of unbranched alkanes of at least 4 members (excludes halogenated alkanes) is 13. The zero-order valence-corrected chi connectivity index (χ0v) is 16.7. The fraction of sp³-hybridized carbons (Fsp3) is 0.905. The second kappa shape index (κ2) is 22.9. The van der Waals surface area contributed by atoms with Crippen molar-refractivity contribution in [1.29, 1.82) is 0 Å². The Morgan fingerprint density at radius 2 is 0.760 bits per heavy atom. The highest BCUT2D eigenvalue weighted by molar-refractivity contribution is 5.66. The molecule has 0 fully saturated rings. The molecule has 0 spiro atoms. The molecule has 25 heavy (non-hydrogen) atoms. The predicted molar refractivity (Wildman–Crippen MR) is 105 cm³/mol. The molecule has 4 nitrogen and oxygen atoms in total. The molecule has 0 saturated carbocycles. The van der Waals surface area contributed by atoms with Crippen LogP contribution in [0.15, 0.2) is 0 Å². The minimum absolute atomic E-state index is 0.316. The quantitative estimate of drug-likeness (QED) is 0.280. The van der Waals surface area contributed by atoms with Crippen LogP contribution in [0.1, 0.15) is 123 Å². The molecule has 0 atom stereocenters. The third-order valence-electron chi connectivity index (χ3n) is 4.24. The summed E-state index contributed by atoms with van der Waals surface area (Å²) in [6, 6.07) is 0. The van der Waals surface area contributed by atoms with E-state index in [0.29, 0.717) is 12.8 Å². The molecule has 4 heteroatoms. The molecule has 0 saturated heterocycles. The first-order chi connectivity index (χ1) is 12.0. The van der Waals surface area contributed by atoms with Gasteiger partial charge in [0, 0.05) is 12.8 Å². The van der Waals surface area contributed by atoms with E-state index < -0.39 is 11.9 Å². The molecule has 0 unspecified atom stereocenters. The van der Waals surface area contributed by atoms with E-state index in [4.69, 9.17) is 10.2 Å². The smallest absolute Gasteiger partial charge is 0.303 e. The maximum Gasteiger partial charge on any atom is 0.303 e. The molecule has 2 N–H and O–H groups in total. The second-order valence-corrected chi connectivity index (χ2v) is 6.88. The fourth-order valence-corrected chi connectivity index (χ4v) is 2.62. The van der Waals surface area contributed by atoms with E-state index in [2.05, 4.69) is 6.92 Å². The van der Waals surface area contributed by atoms with Crippen LogP contribution < -0.4 is 0 Å². The number of carboxylic acid groups (broad SMARTS) is 2. The van der Waals surface area contributed by atoms with Gasteiger partial charge in [-0.1, -0.05) is 97.3 Å². The van der Waals surface area contributed by atoms with Gasteiger partial charge < -0.3 is 10.2 Å². The van der Waals surface area contributed by atoms with Crippen molar-refractivity contribution in [1.82, 2.24) is 0 Å². The highest BCUT2D eigenvalue weighted by Crippen LogP contribution is 2.12. The Morgan fingerprint density at radius 1 is 0.480 bits per heavy atom. The first kappa shape index (κ1) is 26.2. The zero-order valence-electron chi connectivity index (χ0n) is 16.7. The van der Waals surface area contributed by atoms with E-state index in [9.17, 15) is 9.59 Å². The Labute approximate surface area is 155 Å². The highest BCUT2D eigenvalue weighted by Gasteiger charge is 1.96. The van der Waals surface area contributed by atoms with Crippen LogP contribution in [0.4, 0.5) is 0 Å². The molecule has 0 aliphatic carbocycles. The van der Waals surface area contributed by atoms with E-state index in [0.717, 1.165) is 25.7 Å². The molecule has 0 rings (SSSR count). The van der Waals surface area contributed by atoms with Gasteiger partial charge in [-0.25, -0.2) is 0 Å². The van der Waals surface area contributed by atoms with Crippen LogP contribution >= 0.6 is 0 Å². The minimum atomic E-state index is -0.693. The van der Waals surface area contributed by atoms with Gasteiger partial charge in [0.15, 0.2) is 0 Å². The molecule has 150 valence electrons. The van der Waals surface area contributed by atoms with Crippen LogP contribution in [0.2, 0.25) is 0 Å². The molecular weight excluding hydrogens is 316 g/mol. The van der Waals surface area contributed by atoms with Crippen LogP contribution in [-0.4, -0.2) is 22.2 Å². The van der Waals surface area contributed by atoms with Gasteiger partial charge in [0.2, 0.25) is 0 Å². The monoisotopic (exact) mass is 358 g/mol. The van der Waals surface area contributed by atoms with E-state index >= 15 is 0 Å². The lowest BCUT2D eigenvalue weighted by atomic mass is 10.0. The van der Waals surface area contributed by atoms with Crippen molar-refractivity contribution >= 4 is 11.9 Å². The largest absolute Gasteiger partial charge is 0.481 e. The number of carbonyl (C=O) groups is 2. The first-order valence-electron chi connectivity index (χ1n) is 10.5. The Hall–Kier alpha value is -1.06. The van der Waals surface area contributed by atoms with Gasteiger partial charge in [-0.15, -0.1) is 0 Å². The van der Waals surface area contributed by atoms with Gasteiger partial charge in [0.25, 0.3) is 0 Å². The first-order valence-corrected chi connectivity index (χ1v) is 10.5. The van der Waals surface area contributed by atoms with E-state index in [1.807, 2.05) is 6.92 Å². The summed E-state index contributed by atoms with van der Waals surface area (Å²) in [6.45, 7) is 4.24. The molecule has 0 aliphatic rings. The molecule has 0 aliphatic heterocycles. The molecule has 0 aromatic heterocycles. The van der Waals surface area contributed by atoms with Crippen LogP contribution in [-0.2, 0) is 9.59 Å². The summed E-state index contributed by atoms with van der Waals surface area (Å²) in [5.74, 6) is -1.35. The van der Waals surface area contributed by atoms with Crippen molar-refractivity contribution in [2.75, 3.05) is 0 Å². The molecule has 0 radical (unpaired) electrons. The van der Waals surface area contributed by atoms with E-state index in [-0.39, 0.29) is 0 Å².